The Morgan fingerprint density at radius 1 is 1.00 bits per heavy atom. The Bertz CT molecular complexity index is 623. The first kappa shape index (κ1) is 19.9. The van der Waals surface area contributed by atoms with Crippen LogP contribution in [0.5, 0.6) is 0 Å². The number of nitrogens with one attached hydrogen (secondary N) is 4. The van der Waals surface area contributed by atoms with E-state index in [1.807, 2.05) is 31.2 Å². The number of hydrogen-bond acceptors (Lipinski definition) is 5. The van der Waals surface area contributed by atoms with Gasteiger partial charge in [-0.1, -0.05) is 24.3 Å². The smallest absolute Gasteiger partial charge is 0.186 e. The van der Waals surface area contributed by atoms with E-state index in [2.05, 4.69) is 31.7 Å². The normalized spacial score (nSPS) is 11.7. The highest BCUT2D eigenvalue weighted by Crippen LogP contribution is 2.07. The lowest BCUT2D eigenvalue weighted by molar-refractivity contribution is 0.964. The quantitative estimate of drug-likeness (QED) is 0.284. The zero-order valence-corrected chi connectivity index (χ0v) is 15.6. The fraction of sp³-hybridized carbons (Fsp3) is 0.333. The highest BCUT2D eigenvalue weighted by molar-refractivity contribution is 7.80. The molecule has 1 rings (SSSR count). The maximum atomic E-state index is 5.58. The van der Waals surface area contributed by atoms with Crippen LogP contribution in [0.15, 0.2) is 34.5 Å². The van der Waals surface area contributed by atoms with E-state index in [1.54, 1.807) is 14.1 Å². The first-order valence-electron chi connectivity index (χ1n) is 7.39. The van der Waals surface area contributed by atoms with Gasteiger partial charge in [0.15, 0.2) is 10.2 Å². The topological polar surface area (TPSA) is 98.9 Å². The van der Waals surface area contributed by atoms with Gasteiger partial charge in [0.1, 0.15) is 5.71 Å². The maximum Gasteiger partial charge on any atom is 0.186 e. The predicted octanol–water partition coefficient (Wildman–Crippen LogP) is 0.456. The Balaban J connectivity index is 3.08. The van der Waals surface area contributed by atoms with Gasteiger partial charge in [0.2, 0.25) is 0 Å². The Hall–Kier alpha value is -2.10. The third kappa shape index (κ3) is 6.57. The molecule has 24 heavy (non-hydrogen) atoms. The summed E-state index contributed by atoms with van der Waals surface area (Å²) in [5.74, 6) is 0. The molecule has 0 heterocycles. The number of benzene rings is 1. The third-order valence-corrected chi connectivity index (χ3v) is 3.64. The summed E-state index contributed by atoms with van der Waals surface area (Å²) in [5.41, 5.74) is 14.5. The van der Waals surface area contributed by atoms with Gasteiger partial charge in [0.25, 0.3) is 0 Å². The molecular formula is C15H23N7S2. The summed E-state index contributed by atoms with van der Waals surface area (Å²) in [5, 5.41) is 15.0. The van der Waals surface area contributed by atoms with Crippen molar-refractivity contribution in [2.45, 2.75) is 13.3 Å². The first-order valence-corrected chi connectivity index (χ1v) is 8.20. The second kappa shape index (κ2) is 10.6. The fourth-order valence-electron chi connectivity index (χ4n) is 1.76. The van der Waals surface area contributed by atoms with Crippen LogP contribution in [-0.2, 0) is 6.42 Å². The molecule has 130 valence electrons. The van der Waals surface area contributed by atoms with Crippen LogP contribution in [0.1, 0.15) is 18.1 Å². The molecule has 0 aliphatic rings. The molecule has 0 bridgehead atoms. The standard InChI is InChI=1S/C15H23N7S2/c1-10(19-21-14(23)17-2)13(20-22-15(24)18-3)12-6-4-11(5-7-12)8-9-16/h4-7H,8-9,16H2,1-3H3,(H2,17,21,23)(H2,18,22,24). The van der Waals surface area contributed by atoms with Crippen LogP contribution in [-0.4, -0.2) is 42.3 Å². The Kier molecular flexibility index (Phi) is 8.84. The monoisotopic (exact) mass is 365 g/mol. The lowest BCUT2D eigenvalue weighted by Crippen LogP contribution is -2.32. The molecule has 0 amide bonds. The van der Waals surface area contributed by atoms with E-state index in [-0.39, 0.29) is 0 Å². The molecule has 1 aromatic carbocycles. The molecule has 0 spiro atoms. The minimum absolute atomic E-state index is 0.416. The maximum absolute atomic E-state index is 5.58. The molecule has 0 saturated carbocycles. The number of hydrogen-bond donors (Lipinski definition) is 5. The van der Waals surface area contributed by atoms with Gasteiger partial charge in [0, 0.05) is 19.7 Å². The minimum atomic E-state index is 0.416. The van der Waals surface area contributed by atoms with Crippen molar-refractivity contribution in [1.82, 2.24) is 21.5 Å². The average Bonchev–Trinajstić information content (AvgIpc) is 2.61. The molecule has 0 aliphatic heterocycles. The lowest BCUT2D eigenvalue weighted by atomic mass is 10.0. The van der Waals surface area contributed by atoms with E-state index in [9.17, 15) is 0 Å². The van der Waals surface area contributed by atoms with Crippen LogP contribution in [0.25, 0.3) is 0 Å². The SMILES string of the molecule is CNC(=S)NN=C(C)C(=NNC(=S)NC)c1ccc(CCN)cc1. The van der Waals surface area contributed by atoms with Gasteiger partial charge in [-0.15, -0.1) is 0 Å². The average molecular weight is 366 g/mol. The van der Waals surface area contributed by atoms with Gasteiger partial charge in [-0.05, 0) is 49.9 Å². The first-order chi connectivity index (χ1) is 11.5. The number of nitrogens with two attached hydrogens (primary N) is 1. The summed E-state index contributed by atoms with van der Waals surface area (Å²) in [7, 11) is 3.44. The van der Waals surface area contributed by atoms with Crippen molar-refractivity contribution in [3.63, 3.8) is 0 Å². The van der Waals surface area contributed by atoms with Crippen molar-refractivity contribution in [2.75, 3.05) is 20.6 Å². The summed E-state index contributed by atoms with van der Waals surface area (Å²) in [4.78, 5) is 0. The molecule has 9 heteroatoms. The van der Waals surface area contributed by atoms with Crippen molar-refractivity contribution in [2.24, 2.45) is 15.9 Å². The van der Waals surface area contributed by atoms with Gasteiger partial charge < -0.3 is 16.4 Å². The Morgan fingerprint density at radius 3 is 2.04 bits per heavy atom. The van der Waals surface area contributed by atoms with Crippen LogP contribution in [0.2, 0.25) is 0 Å². The number of thiocarbonyl (C=S) groups is 2. The fourth-order valence-corrected chi connectivity index (χ4v) is 1.85. The second-order valence-corrected chi connectivity index (χ2v) is 5.59. The van der Waals surface area contributed by atoms with Gasteiger partial charge in [-0.25, -0.2) is 0 Å². The second-order valence-electron chi connectivity index (χ2n) is 4.78. The van der Waals surface area contributed by atoms with Crippen molar-refractivity contribution in [3.8, 4) is 0 Å². The van der Waals surface area contributed by atoms with Crippen molar-refractivity contribution < 1.29 is 0 Å². The van der Waals surface area contributed by atoms with Crippen LogP contribution < -0.4 is 27.2 Å². The van der Waals surface area contributed by atoms with E-state index >= 15 is 0 Å². The molecule has 0 unspecified atom stereocenters. The number of hydrazone groups is 2. The predicted molar refractivity (Wildman–Crippen MR) is 108 cm³/mol. The van der Waals surface area contributed by atoms with E-state index in [0.717, 1.165) is 12.0 Å². The van der Waals surface area contributed by atoms with Gasteiger partial charge in [-0.3, -0.25) is 10.9 Å². The van der Waals surface area contributed by atoms with Crippen LogP contribution in [0, 0.1) is 0 Å². The zero-order chi connectivity index (χ0) is 17.9. The van der Waals surface area contributed by atoms with E-state index in [0.29, 0.717) is 28.2 Å². The summed E-state index contributed by atoms with van der Waals surface area (Å²) in [6.45, 7) is 2.45. The van der Waals surface area contributed by atoms with Crippen LogP contribution in [0.4, 0.5) is 0 Å². The molecule has 0 aliphatic carbocycles. The summed E-state index contributed by atoms with van der Waals surface area (Å²) < 4.78 is 0. The molecule has 6 N–H and O–H groups in total. The van der Waals surface area contributed by atoms with E-state index in [4.69, 9.17) is 30.2 Å². The van der Waals surface area contributed by atoms with Crippen molar-refractivity contribution in [1.29, 1.82) is 0 Å². The van der Waals surface area contributed by atoms with Crippen LogP contribution >= 0.6 is 24.4 Å². The summed E-state index contributed by atoms with van der Waals surface area (Å²) in [6, 6.07) is 7.99. The van der Waals surface area contributed by atoms with E-state index in [1.165, 1.54) is 5.56 Å². The lowest BCUT2D eigenvalue weighted by Gasteiger charge is -2.10. The molecule has 0 atom stereocenters. The highest BCUT2D eigenvalue weighted by atomic mass is 32.1. The van der Waals surface area contributed by atoms with Crippen molar-refractivity contribution >= 4 is 46.1 Å². The summed E-state index contributed by atoms with van der Waals surface area (Å²) >= 11 is 10.1. The zero-order valence-electron chi connectivity index (χ0n) is 14.0. The molecule has 7 nitrogen and oxygen atoms in total. The largest absolute Gasteiger partial charge is 0.364 e. The van der Waals surface area contributed by atoms with Crippen molar-refractivity contribution in [3.05, 3.63) is 35.4 Å². The van der Waals surface area contributed by atoms with Gasteiger partial charge in [0.05, 0.1) is 5.71 Å². The van der Waals surface area contributed by atoms with Crippen LogP contribution in [0.3, 0.4) is 0 Å². The number of rotatable bonds is 6. The highest BCUT2D eigenvalue weighted by Gasteiger charge is 2.09. The summed E-state index contributed by atoms with van der Waals surface area (Å²) in [6.07, 6.45) is 0.833. The Morgan fingerprint density at radius 2 is 1.54 bits per heavy atom. The van der Waals surface area contributed by atoms with Gasteiger partial charge >= 0.3 is 0 Å². The molecule has 0 aromatic heterocycles. The third-order valence-electron chi connectivity index (χ3n) is 3.05. The molecular weight excluding hydrogens is 342 g/mol. The number of nitrogens with zero attached hydrogens (tertiary/aromatic N) is 2. The molecule has 0 saturated heterocycles. The molecule has 1 aromatic rings. The Labute approximate surface area is 153 Å². The minimum Gasteiger partial charge on any atom is -0.364 e. The molecule has 0 radical (unpaired) electrons. The van der Waals surface area contributed by atoms with E-state index < -0.39 is 0 Å². The van der Waals surface area contributed by atoms with Gasteiger partial charge in [-0.2, -0.15) is 10.2 Å². The molecule has 0 fully saturated rings.